The van der Waals surface area contributed by atoms with Gasteiger partial charge >= 0.3 is 0 Å². The zero-order valence-electron chi connectivity index (χ0n) is 8.94. The van der Waals surface area contributed by atoms with Crippen molar-refractivity contribution in [2.45, 2.75) is 12.5 Å². The molecule has 1 atom stereocenters. The molecule has 0 aliphatic carbocycles. The van der Waals surface area contributed by atoms with Gasteiger partial charge in [0.1, 0.15) is 19.3 Å². The summed E-state index contributed by atoms with van der Waals surface area (Å²) < 4.78 is 16.3. The smallest absolute Gasteiger partial charge is 0.161 e. The first-order valence-corrected chi connectivity index (χ1v) is 5.53. The Labute approximate surface area is 93.7 Å². The first-order valence-electron chi connectivity index (χ1n) is 5.53. The van der Waals surface area contributed by atoms with Crippen molar-refractivity contribution >= 4 is 0 Å². The summed E-state index contributed by atoms with van der Waals surface area (Å²) in [7, 11) is 0. The van der Waals surface area contributed by atoms with Crippen molar-refractivity contribution in [1.82, 2.24) is 0 Å². The Hall–Kier alpha value is -1.26. The second-order valence-electron chi connectivity index (χ2n) is 4.04. The van der Waals surface area contributed by atoms with E-state index in [0.29, 0.717) is 26.4 Å². The standard InChI is InChI=1S/C12H14O4/c13-10-7-14-2-1-8-5-11-12(6-9(8)10)16-4-3-15-11/h5-6,10,13H,1-4,7H2. The number of aliphatic hydroxyl groups is 1. The largest absolute Gasteiger partial charge is 0.486 e. The van der Waals surface area contributed by atoms with E-state index in [1.165, 1.54) is 0 Å². The van der Waals surface area contributed by atoms with Crippen LogP contribution in [0.4, 0.5) is 0 Å². The highest BCUT2D eigenvalue weighted by molar-refractivity contribution is 5.49. The lowest BCUT2D eigenvalue weighted by molar-refractivity contribution is 0.0450. The molecule has 1 N–H and O–H groups in total. The lowest BCUT2D eigenvalue weighted by atomic mass is 10.00. The van der Waals surface area contributed by atoms with E-state index in [0.717, 1.165) is 29.0 Å². The van der Waals surface area contributed by atoms with Crippen molar-refractivity contribution in [2.75, 3.05) is 26.4 Å². The number of ether oxygens (including phenoxy) is 3. The van der Waals surface area contributed by atoms with Gasteiger partial charge in [-0.15, -0.1) is 0 Å². The first-order chi connectivity index (χ1) is 7.84. The molecule has 4 nitrogen and oxygen atoms in total. The maximum Gasteiger partial charge on any atom is 0.161 e. The van der Waals surface area contributed by atoms with Crippen LogP contribution in [-0.4, -0.2) is 31.5 Å². The summed E-state index contributed by atoms with van der Waals surface area (Å²) in [6.07, 6.45) is 0.247. The minimum Gasteiger partial charge on any atom is -0.486 e. The number of aliphatic hydroxyl groups excluding tert-OH is 1. The number of benzene rings is 1. The molecule has 0 spiro atoms. The number of fused-ring (bicyclic) bond motifs is 2. The van der Waals surface area contributed by atoms with Crippen LogP contribution in [0.25, 0.3) is 0 Å². The van der Waals surface area contributed by atoms with Crippen LogP contribution in [0.5, 0.6) is 11.5 Å². The molecule has 2 heterocycles. The second-order valence-corrected chi connectivity index (χ2v) is 4.04. The molecule has 0 saturated heterocycles. The Morgan fingerprint density at radius 2 is 1.81 bits per heavy atom. The van der Waals surface area contributed by atoms with Gasteiger partial charge in [0.25, 0.3) is 0 Å². The van der Waals surface area contributed by atoms with Gasteiger partial charge < -0.3 is 19.3 Å². The van der Waals surface area contributed by atoms with Gasteiger partial charge in [-0.05, 0) is 29.7 Å². The molecule has 0 bridgehead atoms. The quantitative estimate of drug-likeness (QED) is 0.713. The second kappa shape index (κ2) is 3.96. The van der Waals surface area contributed by atoms with Crippen molar-refractivity contribution in [1.29, 1.82) is 0 Å². The Kier molecular flexibility index (Phi) is 2.46. The summed E-state index contributed by atoms with van der Waals surface area (Å²) in [6, 6.07) is 3.84. The van der Waals surface area contributed by atoms with Gasteiger partial charge in [-0.1, -0.05) is 0 Å². The first kappa shape index (κ1) is 9.93. The van der Waals surface area contributed by atoms with Gasteiger partial charge in [0.2, 0.25) is 0 Å². The predicted molar refractivity (Wildman–Crippen MR) is 56.9 cm³/mol. The lowest BCUT2D eigenvalue weighted by Gasteiger charge is -2.21. The average molecular weight is 222 g/mol. The fourth-order valence-corrected chi connectivity index (χ4v) is 2.14. The van der Waals surface area contributed by atoms with Crippen LogP contribution in [0.2, 0.25) is 0 Å². The highest BCUT2D eigenvalue weighted by atomic mass is 16.6. The van der Waals surface area contributed by atoms with Crippen LogP contribution in [-0.2, 0) is 11.2 Å². The fourth-order valence-electron chi connectivity index (χ4n) is 2.14. The molecule has 3 rings (SSSR count). The third-order valence-electron chi connectivity index (χ3n) is 2.95. The molecule has 2 aliphatic heterocycles. The normalized spacial score (nSPS) is 23.4. The van der Waals surface area contributed by atoms with E-state index in [-0.39, 0.29) is 0 Å². The van der Waals surface area contributed by atoms with Crippen LogP contribution < -0.4 is 9.47 Å². The molecule has 1 aromatic rings. The molecular formula is C12H14O4. The Bertz CT molecular complexity index is 402. The highest BCUT2D eigenvalue weighted by Crippen LogP contribution is 2.36. The van der Waals surface area contributed by atoms with E-state index < -0.39 is 6.10 Å². The third kappa shape index (κ3) is 1.64. The van der Waals surface area contributed by atoms with Crippen LogP contribution in [0.3, 0.4) is 0 Å². The summed E-state index contributed by atoms with van der Waals surface area (Å²) in [5.41, 5.74) is 2.00. The van der Waals surface area contributed by atoms with E-state index in [1.807, 2.05) is 12.1 Å². The van der Waals surface area contributed by atoms with Crippen molar-refractivity contribution in [3.8, 4) is 11.5 Å². The summed E-state index contributed by atoms with van der Waals surface area (Å²) in [5, 5.41) is 9.92. The van der Waals surface area contributed by atoms with Crippen molar-refractivity contribution < 1.29 is 19.3 Å². The molecule has 0 fully saturated rings. The average Bonchev–Trinajstić information content (AvgIpc) is 2.49. The highest BCUT2D eigenvalue weighted by Gasteiger charge is 2.21. The molecule has 1 unspecified atom stereocenters. The number of rotatable bonds is 0. The predicted octanol–water partition coefficient (Wildman–Crippen LogP) is 1.06. The van der Waals surface area contributed by atoms with Gasteiger partial charge in [-0.3, -0.25) is 0 Å². The van der Waals surface area contributed by atoms with Gasteiger partial charge in [-0.2, -0.15) is 0 Å². The fraction of sp³-hybridized carbons (Fsp3) is 0.500. The Balaban J connectivity index is 2.06. The molecule has 0 saturated carbocycles. The lowest BCUT2D eigenvalue weighted by Crippen LogP contribution is -2.16. The van der Waals surface area contributed by atoms with Crippen LogP contribution in [0.15, 0.2) is 12.1 Å². The van der Waals surface area contributed by atoms with E-state index in [4.69, 9.17) is 14.2 Å². The maximum absolute atomic E-state index is 9.92. The molecule has 16 heavy (non-hydrogen) atoms. The summed E-state index contributed by atoms with van der Waals surface area (Å²) in [4.78, 5) is 0. The van der Waals surface area contributed by atoms with Gasteiger partial charge in [-0.25, -0.2) is 0 Å². The van der Waals surface area contributed by atoms with Crippen LogP contribution in [0, 0.1) is 0 Å². The molecule has 1 aromatic carbocycles. The zero-order valence-corrected chi connectivity index (χ0v) is 8.94. The summed E-state index contributed by atoms with van der Waals surface area (Å²) in [6.45, 7) is 2.15. The van der Waals surface area contributed by atoms with Gasteiger partial charge in [0.05, 0.1) is 13.2 Å². The van der Waals surface area contributed by atoms with Gasteiger partial charge in [0, 0.05) is 0 Å². The number of hydrogen-bond donors (Lipinski definition) is 1. The molecule has 0 radical (unpaired) electrons. The molecule has 4 heteroatoms. The van der Waals surface area contributed by atoms with E-state index in [9.17, 15) is 5.11 Å². The SMILES string of the molecule is OC1COCCc2cc3c(cc21)OCCO3. The van der Waals surface area contributed by atoms with Crippen molar-refractivity contribution in [3.63, 3.8) is 0 Å². The monoisotopic (exact) mass is 222 g/mol. The van der Waals surface area contributed by atoms with Crippen molar-refractivity contribution in [2.24, 2.45) is 0 Å². The molecule has 0 aromatic heterocycles. The summed E-state index contributed by atoms with van der Waals surface area (Å²) in [5.74, 6) is 1.50. The third-order valence-corrected chi connectivity index (χ3v) is 2.95. The molecule has 0 amide bonds. The van der Waals surface area contributed by atoms with E-state index >= 15 is 0 Å². The van der Waals surface area contributed by atoms with Crippen LogP contribution >= 0.6 is 0 Å². The van der Waals surface area contributed by atoms with Crippen molar-refractivity contribution in [3.05, 3.63) is 23.3 Å². The zero-order chi connectivity index (χ0) is 11.0. The van der Waals surface area contributed by atoms with Crippen LogP contribution in [0.1, 0.15) is 17.2 Å². The maximum atomic E-state index is 9.92. The van der Waals surface area contributed by atoms with E-state index in [2.05, 4.69) is 0 Å². The molecular weight excluding hydrogens is 208 g/mol. The molecule has 2 aliphatic rings. The Morgan fingerprint density at radius 1 is 1.06 bits per heavy atom. The topological polar surface area (TPSA) is 47.9 Å². The Morgan fingerprint density at radius 3 is 2.62 bits per heavy atom. The number of hydrogen-bond acceptors (Lipinski definition) is 4. The minimum atomic E-state index is -0.562. The van der Waals surface area contributed by atoms with Gasteiger partial charge in [0.15, 0.2) is 11.5 Å². The summed E-state index contributed by atoms with van der Waals surface area (Å²) >= 11 is 0. The minimum absolute atomic E-state index is 0.354. The molecule has 86 valence electrons. The van der Waals surface area contributed by atoms with E-state index in [1.54, 1.807) is 0 Å².